The number of thioether (sulfide) groups is 1. The van der Waals surface area contributed by atoms with Crippen molar-refractivity contribution in [2.75, 3.05) is 18.1 Å². The van der Waals surface area contributed by atoms with Crippen LogP contribution in [-0.2, 0) is 16.0 Å². The van der Waals surface area contributed by atoms with E-state index in [9.17, 15) is 9.59 Å². The normalized spacial score (nSPS) is 19.4. The molecule has 0 aromatic heterocycles. The maximum absolute atomic E-state index is 12.6. The average molecular weight is 335 g/mol. The van der Waals surface area contributed by atoms with Gasteiger partial charge in [0.15, 0.2) is 0 Å². The van der Waals surface area contributed by atoms with Crippen LogP contribution in [0.15, 0.2) is 24.3 Å². The van der Waals surface area contributed by atoms with Gasteiger partial charge in [0.1, 0.15) is 0 Å². The number of rotatable bonds is 6. The maximum Gasteiger partial charge on any atom is 0.305 e. The second-order valence-corrected chi connectivity index (χ2v) is 7.26. The molecule has 126 valence electrons. The van der Waals surface area contributed by atoms with Gasteiger partial charge in [0, 0.05) is 24.5 Å². The molecule has 1 heterocycles. The fraction of sp³-hybridized carbons (Fsp3) is 0.556. The van der Waals surface area contributed by atoms with Crippen molar-refractivity contribution in [1.82, 2.24) is 4.90 Å². The lowest BCUT2D eigenvalue weighted by atomic mass is 9.95. The Labute approximate surface area is 142 Å². The Morgan fingerprint density at radius 2 is 2.04 bits per heavy atom. The first-order valence-electron chi connectivity index (χ1n) is 8.19. The lowest BCUT2D eigenvalue weighted by Gasteiger charge is -2.35. The van der Waals surface area contributed by atoms with E-state index in [-0.39, 0.29) is 24.3 Å². The zero-order chi connectivity index (χ0) is 16.8. The van der Waals surface area contributed by atoms with Crippen LogP contribution < -0.4 is 0 Å². The molecule has 0 aliphatic carbocycles. The van der Waals surface area contributed by atoms with Gasteiger partial charge in [0.25, 0.3) is 0 Å². The lowest BCUT2D eigenvalue weighted by Crippen LogP contribution is -2.47. The molecule has 0 radical (unpaired) electrons. The Bertz CT molecular complexity index is 544. The molecule has 2 atom stereocenters. The fourth-order valence-electron chi connectivity index (χ4n) is 2.93. The Kier molecular flexibility index (Phi) is 6.51. The number of hydrogen-bond donors (Lipinski definition) is 1. The van der Waals surface area contributed by atoms with Gasteiger partial charge in [-0.15, -0.1) is 0 Å². The molecule has 1 aliphatic heterocycles. The first-order chi connectivity index (χ1) is 11.0. The van der Waals surface area contributed by atoms with E-state index in [2.05, 4.69) is 38.1 Å². The largest absolute Gasteiger partial charge is 0.481 e. The van der Waals surface area contributed by atoms with Gasteiger partial charge in [0.2, 0.25) is 5.91 Å². The van der Waals surface area contributed by atoms with E-state index in [4.69, 9.17) is 5.11 Å². The molecule has 1 aromatic rings. The number of hydrogen-bond acceptors (Lipinski definition) is 3. The number of carbonyl (C=O) groups is 2. The van der Waals surface area contributed by atoms with E-state index in [0.717, 1.165) is 23.5 Å². The molecular weight excluding hydrogens is 310 g/mol. The molecule has 5 heteroatoms. The van der Waals surface area contributed by atoms with E-state index in [1.807, 2.05) is 0 Å². The van der Waals surface area contributed by atoms with E-state index in [1.54, 1.807) is 16.7 Å². The third kappa shape index (κ3) is 4.99. The highest BCUT2D eigenvalue weighted by Gasteiger charge is 2.29. The number of carbonyl (C=O) groups excluding carboxylic acids is 1. The van der Waals surface area contributed by atoms with E-state index >= 15 is 0 Å². The molecule has 1 aliphatic rings. The number of aliphatic carboxylic acids is 1. The minimum absolute atomic E-state index is 0.0400. The highest BCUT2D eigenvalue weighted by atomic mass is 32.2. The first-order valence-corrected chi connectivity index (χ1v) is 9.34. The van der Waals surface area contributed by atoms with Crippen molar-refractivity contribution in [3.05, 3.63) is 35.4 Å². The number of benzene rings is 1. The second kappa shape index (κ2) is 8.39. The Morgan fingerprint density at radius 3 is 2.65 bits per heavy atom. The number of amides is 1. The van der Waals surface area contributed by atoms with Crippen molar-refractivity contribution in [2.24, 2.45) is 0 Å². The third-order valence-corrected chi connectivity index (χ3v) is 5.49. The number of carboxylic acid groups (broad SMARTS) is 1. The van der Waals surface area contributed by atoms with E-state index < -0.39 is 5.97 Å². The highest BCUT2D eigenvalue weighted by molar-refractivity contribution is 7.99. The van der Waals surface area contributed by atoms with E-state index in [0.29, 0.717) is 13.0 Å². The van der Waals surface area contributed by atoms with Crippen LogP contribution in [0.4, 0.5) is 0 Å². The summed E-state index contributed by atoms with van der Waals surface area (Å²) in [7, 11) is 0. The van der Waals surface area contributed by atoms with Gasteiger partial charge in [0.05, 0.1) is 12.5 Å². The maximum atomic E-state index is 12.6. The zero-order valence-electron chi connectivity index (χ0n) is 13.8. The summed E-state index contributed by atoms with van der Waals surface area (Å²) >= 11 is 1.73. The molecule has 1 saturated heterocycles. The smallest absolute Gasteiger partial charge is 0.305 e. The van der Waals surface area contributed by atoms with Gasteiger partial charge in [-0.25, -0.2) is 0 Å². The number of nitrogens with zero attached hydrogens (tertiary/aromatic N) is 1. The number of aryl methyl sites for hydroxylation is 1. The van der Waals surface area contributed by atoms with Crippen LogP contribution in [-0.4, -0.2) is 46.0 Å². The molecule has 1 fully saturated rings. The Morgan fingerprint density at radius 1 is 1.35 bits per heavy atom. The number of carboxylic acids is 1. The fourth-order valence-corrected chi connectivity index (χ4v) is 4.00. The predicted octanol–water partition coefficient (Wildman–Crippen LogP) is 3.16. The summed E-state index contributed by atoms with van der Waals surface area (Å²) in [5.41, 5.74) is 2.46. The Hall–Kier alpha value is -1.49. The molecule has 4 nitrogen and oxygen atoms in total. The van der Waals surface area contributed by atoms with Crippen molar-refractivity contribution in [2.45, 2.75) is 45.1 Å². The molecule has 23 heavy (non-hydrogen) atoms. The summed E-state index contributed by atoms with van der Waals surface area (Å²) in [4.78, 5) is 25.4. The Balaban J connectivity index is 1.99. The van der Waals surface area contributed by atoms with E-state index in [1.165, 1.54) is 5.56 Å². The first kappa shape index (κ1) is 17.9. The summed E-state index contributed by atoms with van der Waals surface area (Å²) in [6, 6.07) is 8.24. The molecule has 0 unspecified atom stereocenters. The minimum atomic E-state index is -0.835. The summed E-state index contributed by atoms with van der Waals surface area (Å²) in [6.07, 6.45) is 1.49. The summed E-state index contributed by atoms with van der Waals surface area (Å²) in [5, 5.41) is 9.03. The molecule has 0 saturated carbocycles. The van der Waals surface area contributed by atoms with Crippen molar-refractivity contribution in [3.63, 3.8) is 0 Å². The summed E-state index contributed by atoms with van der Waals surface area (Å²) < 4.78 is 0. The van der Waals surface area contributed by atoms with Gasteiger partial charge in [-0.2, -0.15) is 11.8 Å². The second-order valence-electron chi connectivity index (χ2n) is 6.11. The lowest BCUT2D eigenvalue weighted by molar-refractivity contribution is -0.140. The minimum Gasteiger partial charge on any atom is -0.481 e. The van der Waals surface area contributed by atoms with Gasteiger partial charge in [-0.05, 0) is 23.5 Å². The molecule has 1 aromatic carbocycles. The van der Waals surface area contributed by atoms with Crippen LogP contribution >= 0.6 is 11.8 Å². The van der Waals surface area contributed by atoms with Crippen molar-refractivity contribution in [1.29, 1.82) is 0 Å². The van der Waals surface area contributed by atoms with Crippen LogP contribution in [0.1, 0.15) is 43.7 Å². The molecule has 1 amide bonds. The monoisotopic (exact) mass is 335 g/mol. The van der Waals surface area contributed by atoms with Crippen molar-refractivity contribution in [3.8, 4) is 0 Å². The third-order valence-electron chi connectivity index (χ3n) is 4.40. The van der Waals surface area contributed by atoms with Crippen LogP contribution in [0.25, 0.3) is 0 Å². The molecule has 2 rings (SSSR count). The average Bonchev–Trinajstić information content (AvgIpc) is 2.54. The predicted molar refractivity (Wildman–Crippen MR) is 93.9 cm³/mol. The summed E-state index contributed by atoms with van der Waals surface area (Å²) in [6.45, 7) is 4.84. The summed E-state index contributed by atoms with van der Waals surface area (Å²) in [5.74, 6) is 0.995. The zero-order valence-corrected chi connectivity index (χ0v) is 14.6. The standard InChI is InChI=1S/C18H25NO3S/c1-3-14-4-6-15(7-5-14)13(2)10-17(20)19-8-9-23-12-16(19)11-18(21)22/h4-7,13,16H,3,8-12H2,1-2H3,(H,21,22)/t13-,16+/m0/s1. The van der Waals surface area contributed by atoms with Crippen molar-refractivity contribution < 1.29 is 14.7 Å². The van der Waals surface area contributed by atoms with Gasteiger partial charge >= 0.3 is 5.97 Å². The quantitative estimate of drug-likeness (QED) is 0.867. The van der Waals surface area contributed by atoms with Crippen LogP contribution in [0.3, 0.4) is 0 Å². The molecule has 1 N–H and O–H groups in total. The van der Waals surface area contributed by atoms with Crippen LogP contribution in [0.5, 0.6) is 0 Å². The molecule has 0 spiro atoms. The van der Waals surface area contributed by atoms with Gasteiger partial charge < -0.3 is 10.0 Å². The highest BCUT2D eigenvalue weighted by Crippen LogP contribution is 2.25. The SMILES string of the molecule is CCc1ccc([C@@H](C)CC(=O)N2CCSC[C@H]2CC(=O)O)cc1. The molecular formula is C18H25NO3S. The topological polar surface area (TPSA) is 57.6 Å². The molecule has 0 bridgehead atoms. The van der Waals surface area contributed by atoms with Gasteiger partial charge in [-0.1, -0.05) is 38.1 Å². The van der Waals surface area contributed by atoms with Crippen LogP contribution in [0.2, 0.25) is 0 Å². The van der Waals surface area contributed by atoms with Crippen molar-refractivity contribution >= 4 is 23.6 Å². The van der Waals surface area contributed by atoms with Gasteiger partial charge in [-0.3, -0.25) is 9.59 Å². The van der Waals surface area contributed by atoms with Crippen LogP contribution in [0, 0.1) is 0 Å².